The van der Waals surface area contributed by atoms with Gasteiger partial charge in [-0.15, -0.1) is 11.8 Å². The minimum atomic E-state index is -0.517. The van der Waals surface area contributed by atoms with E-state index in [-0.39, 0.29) is 17.6 Å². The van der Waals surface area contributed by atoms with Crippen LogP contribution in [0.3, 0.4) is 0 Å². The van der Waals surface area contributed by atoms with E-state index in [0.717, 1.165) is 5.56 Å². The number of amides is 1. The normalized spacial score (nSPS) is 11.4. The van der Waals surface area contributed by atoms with Crippen LogP contribution < -0.4 is 10.1 Å². The van der Waals surface area contributed by atoms with Gasteiger partial charge >= 0.3 is 5.97 Å². The zero-order chi connectivity index (χ0) is 18.1. The van der Waals surface area contributed by atoms with Crippen molar-refractivity contribution in [2.45, 2.75) is 12.2 Å². The van der Waals surface area contributed by atoms with Crippen LogP contribution in [0.5, 0.6) is 5.75 Å². The zero-order valence-corrected chi connectivity index (χ0v) is 15.0. The molecule has 0 heterocycles. The Kier molecular flexibility index (Phi) is 7.35. The lowest BCUT2D eigenvalue weighted by atomic mass is 10.1. The number of benzene rings is 2. The molecule has 2 aromatic rings. The average molecular weight is 359 g/mol. The standard InChI is InChI=1S/C19H21NO4S/c1-3-24-17(21)13-25-18(14-8-5-4-6-9-14)19(22)20-15-10-7-11-16(12-15)23-2/h4-12,18H,3,13H2,1-2H3,(H,20,22)/t18-/m1/s1. The fourth-order valence-electron chi connectivity index (χ4n) is 2.21. The van der Waals surface area contributed by atoms with Crippen molar-refractivity contribution in [1.82, 2.24) is 0 Å². The summed E-state index contributed by atoms with van der Waals surface area (Å²) in [7, 11) is 1.57. The molecule has 1 N–H and O–H groups in total. The molecule has 1 atom stereocenters. The number of ether oxygens (including phenoxy) is 2. The predicted octanol–water partition coefficient (Wildman–Crippen LogP) is 3.67. The summed E-state index contributed by atoms with van der Waals surface area (Å²) >= 11 is 1.24. The van der Waals surface area contributed by atoms with Crippen molar-refractivity contribution in [2.24, 2.45) is 0 Å². The van der Waals surface area contributed by atoms with Crippen LogP contribution in [0.4, 0.5) is 5.69 Å². The van der Waals surface area contributed by atoms with Gasteiger partial charge in [0.15, 0.2) is 0 Å². The van der Waals surface area contributed by atoms with Gasteiger partial charge in [0.05, 0.1) is 19.5 Å². The van der Waals surface area contributed by atoms with E-state index in [4.69, 9.17) is 9.47 Å². The first-order chi connectivity index (χ1) is 12.1. The van der Waals surface area contributed by atoms with E-state index in [1.54, 1.807) is 38.3 Å². The van der Waals surface area contributed by atoms with Crippen LogP contribution >= 0.6 is 11.8 Å². The Morgan fingerprint density at radius 2 is 1.88 bits per heavy atom. The van der Waals surface area contributed by atoms with Crippen LogP contribution in [0.2, 0.25) is 0 Å². The molecular weight excluding hydrogens is 338 g/mol. The van der Waals surface area contributed by atoms with E-state index in [0.29, 0.717) is 18.0 Å². The summed E-state index contributed by atoms with van der Waals surface area (Å²) in [6.07, 6.45) is 0. The van der Waals surface area contributed by atoms with E-state index in [2.05, 4.69) is 5.32 Å². The number of methoxy groups -OCH3 is 1. The van der Waals surface area contributed by atoms with E-state index >= 15 is 0 Å². The van der Waals surface area contributed by atoms with Crippen molar-refractivity contribution < 1.29 is 19.1 Å². The van der Waals surface area contributed by atoms with E-state index in [1.807, 2.05) is 30.3 Å². The number of carbonyl (C=O) groups is 2. The lowest BCUT2D eigenvalue weighted by molar-refractivity contribution is -0.139. The summed E-state index contributed by atoms with van der Waals surface area (Å²) in [4.78, 5) is 24.4. The largest absolute Gasteiger partial charge is 0.497 e. The summed E-state index contributed by atoms with van der Waals surface area (Å²) in [5.74, 6) is 0.239. The van der Waals surface area contributed by atoms with Crippen LogP contribution in [0, 0.1) is 0 Å². The highest BCUT2D eigenvalue weighted by molar-refractivity contribution is 8.00. The van der Waals surface area contributed by atoms with Gasteiger partial charge in [0.1, 0.15) is 11.0 Å². The summed E-state index contributed by atoms with van der Waals surface area (Å²) < 4.78 is 10.1. The van der Waals surface area contributed by atoms with Crippen molar-refractivity contribution in [3.63, 3.8) is 0 Å². The number of carbonyl (C=O) groups excluding carboxylic acids is 2. The van der Waals surface area contributed by atoms with Crippen molar-refractivity contribution >= 4 is 29.3 Å². The highest BCUT2D eigenvalue weighted by Gasteiger charge is 2.23. The third-order valence-electron chi connectivity index (χ3n) is 3.35. The molecule has 0 aliphatic rings. The van der Waals surface area contributed by atoms with E-state index in [1.165, 1.54) is 11.8 Å². The van der Waals surface area contributed by atoms with Gasteiger partial charge in [-0.25, -0.2) is 0 Å². The molecule has 25 heavy (non-hydrogen) atoms. The number of hydrogen-bond acceptors (Lipinski definition) is 5. The fraction of sp³-hybridized carbons (Fsp3) is 0.263. The number of esters is 1. The molecule has 0 aromatic heterocycles. The van der Waals surface area contributed by atoms with Gasteiger partial charge in [-0.05, 0) is 24.6 Å². The minimum absolute atomic E-state index is 0.110. The van der Waals surface area contributed by atoms with Gasteiger partial charge in [-0.2, -0.15) is 0 Å². The summed E-state index contributed by atoms with van der Waals surface area (Å²) in [5, 5.41) is 2.36. The van der Waals surface area contributed by atoms with Crippen molar-refractivity contribution in [1.29, 1.82) is 0 Å². The monoisotopic (exact) mass is 359 g/mol. The number of hydrogen-bond donors (Lipinski definition) is 1. The van der Waals surface area contributed by atoms with Crippen LogP contribution in [0.15, 0.2) is 54.6 Å². The molecule has 2 aromatic carbocycles. The van der Waals surface area contributed by atoms with Crippen LogP contribution in [0.1, 0.15) is 17.7 Å². The quantitative estimate of drug-likeness (QED) is 0.729. The predicted molar refractivity (Wildman–Crippen MR) is 99.9 cm³/mol. The molecule has 0 radical (unpaired) electrons. The topological polar surface area (TPSA) is 64.6 Å². The second-order valence-corrected chi connectivity index (χ2v) is 6.22. The lowest BCUT2D eigenvalue weighted by Gasteiger charge is -2.17. The highest BCUT2D eigenvalue weighted by atomic mass is 32.2. The Morgan fingerprint density at radius 3 is 2.56 bits per heavy atom. The van der Waals surface area contributed by atoms with Gasteiger partial charge in [0.2, 0.25) is 5.91 Å². The number of nitrogens with one attached hydrogen (secondary N) is 1. The number of anilines is 1. The fourth-order valence-corrected chi connectivity index (χ4v) is 3.16. The maximum Gasteiger partial charge on any atom is 0.315 e. The third-order valence-corrected chi connectivity index (χ3v) is 4.57. The summed E-state index contributed by atoms with van der Waals surface area (Å²) in [6, 6.07) is 16.5. The van der Waals surface area contributed by atoms with Gasteiger partial charge in [0.25, 0.3) is 0 Å². The molecule has 0 aliphatic carbocycles. The zero-order valence-electron chi connectivity index (χ0n) is 14.2. The molecule has 0 spiro atoms. The molecule has 0 saturated heterocycles. The molecule has 2 rings (SSSR count). The highest BCUT2D eigenvalue weighted by Crippen LogP contribution is 2.30. The first-order valence-electron chi connectivity index (χ1n) is 7.91. The van der Waals surface area contributed by atoms with Gasteiger partial charge in [-0.3, -0.25) is 9.59 Å². The molecule has 5 nitrogen and oxygen atoms in total. The average Bonchev–Trinajstić information content (AvgIpc) is 2.63. The SMILES string of the molecule is CCOC(=O)CS[C@@H](C(=O)Nc1cccc(OC)c1)c1ccccc1. The molecule has 132 valence electrons. The first-order valence-corrected chi connectivity index (χ1v) is 8.96. The third kappa shape index (κ3) is 5.83. The van der Waals surface area contributed by atoms with Crippen LogP contribution in [0.25, 0.3) is 0 Å². The first kappa shape index (κ1) is 18.9. The minimum Gasteiger partial charge on any atom is -0.497 e. The van der Waals surface area contributed by atoms with Gasteiger partial charge in [0, 0.05) is 11.8 Å². The number of thioether (sulfide) groups is 1. The van der Waals surface area contributed by atoms with Crippen molar-refractivity contribution in [3.05, 3.63) is 60.2 Å². The summed E-state index contributed by atoms with van der Waals surface area (Å²) in [5.41, 5.74) is 1.47. The molecule has 0 fully saturated rings. The Hall–Kier alpha value is -2.47. The lowest BCUT2D eigenvalue weighted by Crippen LogP contribution is -2.20. The van der Waals surface area contributed by atoms with Crippen molar-refractivity contribution in [3.8, 4) is 5.75 Å². The molecule has 6 heteroatoms. The summed E-state index contributed by atoms with van der Waals surface area (Å²) in [6.45, 7) is 2.08. The van der Waals surface area contributed by atoms with Gasteiger partial charge < -0.3 is 14.8 Å². The Morgan fingerprint density at radius 1 is 1.12 bits per heavy atom. The smallest absolute Gasteiger partial charge is 0.315 e. The second kappa shape index (κ2) is 9.74. The maximum absolute atomic E-state index is 12.8. The van der Waals surface area contributed by atoms with Gasteiger partial charge in [-0.1, -0.05) is 36.4 Å². The molecule has 0 saturated carbocycles. The van der Waals surface area contributed by atoms with E-state index in [9.17, 15) is 9.59 Å². The molecule has 1 amide bonds. The molecule has 0 aliphatic heterocycles. The Bertz CT molecular complexity index is 706. The van der Waals surface area contributed by atoms with Crippen LogP contribution in [-0.2, 0) is 14.3 Å². The second-order valence-electron chi connectivity index (χ2n) is 5.13. The molecule has 0 bridgehead atoms. The van der Waals surface area contributed by atoms with Crippen molar-refractivity contribution in [2.75, 3.05) is 24.8 Å². The molecular formula is C19H21NO4S. The van der Waals surface area contributed by atoms with Crippen LogP contribution in [-0.4, -0.2) is 31.3 Å². The Balaban J connectivity index is 2.13. The van der Waals surface area contributed by atoms with E-state index < -0.39 is 5.25 Å². The maximum atomic E-state index is 12.8. The Labute approximate surface area is 151 Å². The molecule has 0 unspecified atom stereocenters. The number of rotatable bonds is 8.